The predicted octanol–water partition coefficient (Wildman–Crippen LogP) is 2.91. The SMILES string of the molecule is CCOC(=O)/C=C/OCCC(=O)c1cc(F)c(F)c(F)c1F. The van der Waals surface area contributed by atoms with Crippen LogP contribution < -0.4 is 0 Å². The van der Waals surface area contributed by atoms with Crippen molar-refractivity contribution >= 4 is 11.8 Å². The van der Waals surface area contributed by atoms with Crippen LogP contribution in [0.1, 0.15) is 23.7 Å². The van der Waals surface area contributed by atoms with E-state index in [2.05, 4.69) is 4.74 Å². The van der Waals surface area contributed by atoms with Gasteiger partial charge in [0.15, 0.2) is 29.1 Å². The number of carbonyl (C=O) groups excluding carboxylic acids is 2. The topological polar surface area (TPSA) is 52.6 Å². The van der Waals surface area contributed by atoms with Gasteiger partial charge in [-0.1, -0.05) is 0 Å². The number of rotatable bonds is 7. The van der Waals surface area contributed by atoms with Gasteiger partial charge in [0.1, 0.15) is 0 Å². The number of ketones is 1. The van der Waals surface area contributed by atoms with Crippen molar-refractivity contribution in [2.45, 2.75) is 13.3 Å². The lowest BCUT2D eigenvalue weighted by Gasteiger charge is -2.05. The zero-order valence-corrected chi connectivity index (χ0v) is 11.5. The molecule has 0 saturated heterocycles. The highest BCUT2D eigenvalue weighted by Gasteiger charge is 2.22. The maximum Gasteiger partial charge on any atom is 0.333 e. The summed E-state index contributed by atoms with van der Waals surface area (Å²) in [5.41, 5.74) is -0.908. The number of halogens is 4. The Labute approximate surface area is 123 Å². The Morgan fingerprint density at radius 1 is 1.14 bits per heavy atom. The summed E-state index contributed by atoms with van der Waals surface area (Å²) in [4.78, 5) is 22.5. The molecule has 1 aromatic rings. The molecule has 0 radical (unpaired) electrons. The zero-order chi connectivity index (χ0) is 16.7. The van der Waals surface area contributed by atoms with Gasteiger partial charge in [0.2, 0.25) is 0 Å². The molecule has 4 nitrogen and oxygen atoms in total. The van der Waals surface area contributed by atoms with E-state index in [1.165, 1.54) is 0 Å². The van der Waals surface area contributed by atoms with Crippen LogP contribution in [0.15, 0.2) is 18.4 Å². The first-order valence-corrected chi connectivity index (χ1v) is 6.19. The molecule has 120 valence electrons. The van der Waals surface area contributed by atoms with Gasteiger partial charge in [-0.2, -0.15) is 0 Å². The van der Waals surface area contributed by atoms with Crippen LogP contribution in [0.2, 0.25) is 0 Å². The van der Waals surface area contributed by atoms with Gasteiger partial charge in [-0.15, -0.1) is 0 Å². The Bertz CT molecular complexity index is 599. The molecule has 0 spiro atoms. The van der Waals surface area contributed by atoms with Crippen molar-refractivity contribution in [2.24, 2.45) is 0 Å². The molecule has 0 aromatic heterocycles. The molecule has 0 bridgehead atoms. The molecule has 0 atom stereocenters. The quantitative estimate of drug-likeness (QED) is 0.113. The van der Waals surface area contributed by atoms with Gasteiger partial charge in [-0.05, 0) is 13.0 Å². The van der Waals surface area contributed by atoms with Crippen LogP contribution in [0.3, 0.4) is 0 Å². The van der Waals surface area contributed by atoms with Crippen molar-refractivity contribution in [1.29, 1.82) is 0 Å². The van der Waals surface area contributed by atoms with Gasteiger partial charge >= 0.3 is 5.97 Å². The van der Waals surface area contributed by atoms with E-state index in [0.717, 1.165) is 12.3 Å². The summed E-state index contributed by atoms with van der Waals surface area (Å²) < 4.78 is 61.4. The van der Waals surface area contributed by atoms with Crippen molar-refractivity contribution in [2.75, 3.05) is 13.2 Å². The number of hydrogen-bond acceptors (Lipinski definition) is 4. The van der Waals surface area contributed by atoms with E-state index in [1.54, 1.807) is 6.92 Å². The molecule has 0 saturated carbocycles. The van der Waals surface area contributed by atoms with E-state index in [1.807, 2.05) is 0 Å². The third-order valence-corrected chi connectivity index (χ3v) is 2.44. The van der Waals surface area contributed by atoms with Gasteiger partial charge in [-0.25, -0.2) is 22.4 Å². The smallest absolute Gasteiger partial charge is 0.333 e. The highest BCUT2D eigenvalue weighted by atomic mass is 19.2. The number of benzene rings is 1. The first-order valence-electron chi connectivity index (χ1n) is 6.19. The molecular formula is C14H12F4O4. The third-order valence-electron chi connectivity index (χ3n) is 2.44. The molecule has 22 heavy (non-hydrogen) atoms. The average molecular weight is 320 g/mol. The Balaban J connectivity index is 2.59. The summed E-state index contributed by atoms with van der Waals surface area (Å²) in [6.45, 7) is 1.53. The van der Waals surface area contributed by atoms with Crippen LogP contribution in [-0.2, 0) is 14.3 Å². The fourth-order valence-electron chi connectivity index (χ4n) is 1.42. The second kappa shape index (κ2) is 8.16. The average Bonchev–Trinajstić information content (AvgIpc) is 2.48. The third kappa shape index (κ3) is 4.57. The first kappa shape index (κ1) is 17.7. The minimum absolute atomic E-state index is 0.183. The normalized spacial score (nSPS) is 10.8. The van der Waals surface area contributed by atoms with E-state index in [0.29, 0.717) is 0 Å². The van der Waals surface area contributed by atoms with E-state index in [4.69, 9.17) is 4.74 Å². The standard InChI is InChI=1S/C14H12F4O4/c1-2-22-11(20)4-6-21-5-3-10(19)8-7-9(15)13(17)14(18)12(8)16/h4,6-7H,2-3,5H2,1H3/b6-4+. The molecular weight excluding hydrogens is 308 g/mol. The van der Waals surface area contributed by atoms with Gasteiger partial charge in [0, 0.05) is 6.42 Å². The lowest BCUT2D eigenvalue weighted by atomic mass is 10.1. The van der Waals surface area contributed by atoms with Crippen LogP contribution in [0.5, 0.6) is 0 Å². The maximum atomic E-state index is 13.3. The van der Waals surface area contributed by atoms with Crippen molar-refractivity contribution in [3.8, 4) is 0 Å². The molecule has 0 aliphatic carbocycles. The van der Waals surface area contributed by atoms with Crippen LogP contribution in [0, 0.1) is 23.3 Å². The van der Waals surface area contributed by atoms with Gasteiger partial charge in [0.25, 0.3) is 0 Å². The zero-order valence-electron chi connectivity index (χ0n) is 11.5. The minimum atomic E-state index is -2.05. The second-order valence-corrected chi connectivity index (χ2v) is 3.95. The van der Waals surface area contributed by atoms with Crippen LogP contribution in [0.4, 0.5) is 17.6 Å². The predicted molar refractivity (Wildman–Crippen MR) is 66.9 cm³/mol. The van der Waals surface area contributed by atoms with E-state index in [-0.39, 0.29) is 19.3 Å². The molecule has 0 unspecified atom stereocenters. The van der Waals surface area contributed by atoms with E-state index < -0.39 is 47.0 Å². The molecule has 1 aromatic carbocycles. The summed E-state index contributed by atoms with van der Waals surface area (Å²) in [5.74, 6) is -9.08. The van der Waals surface area contributed by atoms with Crippen molar-refractivity contribution in [1.82, 2.24) is 0 Å². The molecule has 0 heterocycles. The van der Waals surface area contributed by atoms with Crippen LogP contribution in [-0.4, -0.2) is 25.0 Å². The highest BCUT2D eigenvalue weighted by Crippen LogP contribution is 2.19. The lowest BCUT2D eigenvalue weighted by molar-refractivity contribution is -0.137. The fourth-order valence-corrected chi connectivity index (χ4v) is 1.42. The van der Waals surface area contributed by atoms with E-state index in [9.17, 15) is 27.2 Å². The molecule has 0 aliphatic heterocycles. The molecule has 1 rings (SSSR count). The number of carbonyl (C=O) groups is 2. The van der Waals surface area contributed by atoms with Crippen molar-refractivity contribution < 1.29 is 36.6 Å². The Morgan fingerprint density at radius 3 is 2.45 bits per heavy atom. The summed E-state index contributed by atoms with van der Waals surface area (Å²) in [6.07, 6.45) is 1.51. The van der Waals surface area contributed by atoms with Crippen molar-refractivity contribution in [3.05, 3.63) is 47.2 Å². The number of Topliss-reactive ketones (excluding diaryl/α,β-unsaturated/α-hetero) is 1. The Hall–Kier alpha value is -2.38. The highest BCUT2D eigenvalue weighted by molar-refractivity contribution is 5.96. The largest absolute Gasteiger partial charge is 0.500 e. The minimum Gasteiger partial charge on any atom is -0.500 e. The second-order valence-electron chi connectivity index (χ2n) is 3.95. The summed E-state index contributed by atoms with van der Waals surface area (Å²) in [6, 6.07) is 0.282. The fraction of sp³-hybridized carbons (Fsp3) is 0.286. The molecule has 0 N–H and O–H groups in total. The molecule has 0 amide bonds. The van der Waals surface area contributed by atoms with Crippen LogP contribution in [0.25, 0.3) is 0 Å². The number of esters is 1. The summed E-state index contributed by atoms with van der Waals surface area (Å²) in [7, 11) is 0. The Kier molecular flexibility index (Phi) is 6.55. The molecule has 8 heteroatoms. The maximum absolute atomic E-state index is 13.3. The monoisotopic (exact) mass is 320 g/mol. The van der Waals surface area contributed by atoms with Crippen LogP contribution >= 0.6 is 0 Å². The molecule has 0 aliphatic rings. The van der Waals surface area contributed by atoms with Gasteiger partial charge in [0.05, 0.1) is 31.1 Å². The lowest BCUT2D eigenvalue weighted by Crippen LogP contribution is -2.10. The summed E-state index contributed by atoms with van der Waals surface area (Å²) in [5, 5.41) is 0. The van der Waals surface area contributed by atoms with Gasteiger partial charge in [-0.3, -0.25) is 4.79 Å². The summed E-state index contributed by atoms with van der Waals surface area (Å²) >= 11 is 0. The first-order chi connectivity index (χ1) is 10.4. The molecule has 0 fully saturated rings. The Morgan fingerprint density at radius 2 is 1.82 bits per heavy atom. The van der Waals surface area contributed by atoms with E-state index >= 15 is 0 Å². The number of hydrogen-bond donors (Lipinski definition) is 0. The van der Waals surface area contributed by atoms with Crippen molar-refractivity contribution in [3.63, 3.8) is 0 Å². The number of ether oxygens (including phenoxy) is 2. The van der Waals surface area contributed by atoms with Gasteiger partial charge < -0.3 is 9.47 Å².